The molecule has 68 valence electrons. The van der Waals surface area contributed by atoms with Crippen molar-refractivity contribution in [1.29, 1.82) is 0 Å². The third-order valence-corrected chi connectivity index (χ3v) is 1.67. The van der Waals surface area contributed by atoms with Gasteiger partial charge in [0.2, 0.25) is 0 Å². The van der Waals surface area contributed by atoms with E-state index in [2.05, 4.69) is 4.98 Å². The molecule has 4 heteroatoms. The lowest BCUT2D eigenvalue weighted by Gasteiger charge is -1.95. The predicted octanol–water partition coefficient (Wildman–Crippen LogP) is 1.99. The number of aliphatic hydroxyl groups is 1. The highest BCUT2D eigenvalue weighted by molar-refractivity contribution is 5.43. The Labute approximate surface area is 74.8 Å². The van der Waals surface area contributed by atoms with Crippen molar-refractivity contribution in [2.45, 2.75) is 13.0 Å². The van der Waals surface area contributed by atoms with Crippen LogP contribution < -0.4 is 0 Å². The molecule has 4 nitrogen and oxygen atoms in total. The highest BCUT2D eigenvalue weighted by Crippen LogP contribution is 2.22. The van der Waals surface area contributed by atoms with Crippen LogP contribution in [0.3, 0.4) is 0 Å². The van der Waals surface area contributed by atoms with Crippen molar-refractivity contribution < 1.29 is 13.9 Å². The summed E-state index contributed by atoms with van der Waals surface area (Å²) in [4.78, 5) is 3.96. The third-order valence-electron chi connectivity index (χ3n) is 1.67. The Balaban J connectivity index is 2.33. The average Bonchev–Trinajstić information content (AvgIpc) is 2.75. The van der Waals surface area contributed by atoms with E-state index in [0.717, 1.165) is 0 Å². The van der Waals surface area contributed by atoms with Crippen LogP contribution in [0.25, 0.3) is 11.7 Å². The highest BCUT2D eigenvalue weighted by Gasteiger charge is 2.11. The second kappa shape index (κ2) is 3.06. The molecular weight excluding hydrogens is 170 g/mol. The lowest BCUT2D eigenvalue weighted by molar-refractivity contribution is 0.170. The van der Waals surface area contributed by atoms with Gasteiger partial charge in [0.05, 0.1) is 12.5 Å². The lowest BCUT2D eigenvalue weighted by Crippen LogP contribution is -1.85. The molecule has 2 aromatic rings. The minimum atomic E-state index is -0.642. The molecule has 0 amide bonds. The molecule has 0 saturated heterocycles. The van der Waals surface area contributed by atoms with Gasteiger partial charge in [0.15, 0.2) is 11.5 Å². The van der Waals surface area contributed by atoms with Crippen molar-refractivity contribution >= 4 is 0 Å². The molecule has 1 N–H and O–H groups in total. The van der Waals surface area contributed by atoms with Crippen molar-refractivity contribution in [2.75, 3.05) is 0 Å². The van der Waals surface area contributed by atoms with Crippen molar-refractivity contribution in [3.8, 4) is 11.7 Å². The van der Waals surface area contributed by atoms with Crippen LogP contribution in [0.1, 0.15) is 18.8 Å². The zero-order valence-corrected chi connectivity index (χ0v) is 7.10. The number of nitrogens with zero attached hydrogens (tertiary/aromatic N) is 1. The maximum Gasteiger partial charge on any atom is 0.263 e. The van der Waals surface area contributed by atoms with Gasteiger partial charge in [-0.2, -0.15) is 0 Å². The molecular formula is C9H9NO3. The van der Waals surface area contributed by atoms with Gasteiger partial charge in [0.1, 0.15) is 6.10 Å². The van der Waals surface area contributed by atoms with Crippen LogP contribution in [0, 0.1) is 0 Å². The molecule has 0 spiro atoms. The van der Waals surface area contributed by atoms with E-state index in [-0.39, 0.29) is 0 Å². The third kappa shape index (κ3) is 1.48. The van der Waals surface area contributed by atoms with Gasteiger partial charge in [-0.1, -0.05) is 0 Å². The summed E-state index contributed by atoms with van der Waals surface area (Å²) in [6, 6.07) is 3.50. The molecule has 13 heavy (non-hydrogen) atoms. The fourth-order valence-corrected chi connectivity index (χ4v) is 0.994. The fraction of sp³-hybridized carbons (Fsp3) is 0.222. The summed E-state index contributed by atoms with van der Waals surface area (Å²) >= 11 is 0. The van der Waals surface area contributed by atoms with Gasteiger partial charge < -0.3 is 13.9 Å². The number of aromatic nitrogens is 1. The van der Waals surface area contributed by atoms with Crippen molar-refractivity contribution in [2.24, 2.45) is 0 Å². The maximum absolute atomic E-state index is 9.17. The van der Waals surface area contributed by atoms with Crippen LogP contribution >= 0.6 is 0 Å². The Hall–Kier alpha value is -1.55. The topological polar surface area (TPSA) is 59.4 Å². The summed E-state index contributed by atoms with van der Waals surface area (Å²) in [7, 11) is 0. The van der Waals surface area contributed by atoms with E-state index in [4.69, 9.17) is 8.83 Å². The zero-order valence-electron chi connectivity index (χ0n) is 7.10. The van der Waals surface area contributed by atoms with Crippen molar-refractivity contribution in [3.05, 3.63) is 30.4 Å². The SMILES string of the molecule is CC(O)c1cnc(-c2ccco2)o1. The maximum atomic E-state index is 9.17. The normalized spacial score (nSPS) is 13.1. The Morgan fingerprint density at radius 2 is 2.38 bits per heavy atom. The van der Waals surface area contributed by atoms with E-state index in [1.165, 1.54) is 6.20 Å². The van der Waals surface area contributed by atoms with Gasteiger partial charge in [0.25, 0.3) is 5.89 Å². The van der Waals surface area contributed by atoms with Crippen LogP contribution in [0.5, 0.6) is 0 Å². The Morgan fingerprint density at radius 1 is 1.54 bits per heavy atom. The molecule has 0 saturated carbocycles. The zero-order chi connectivity index (χ0) is 9.26. The number of oxazole rings is 1. The Bertz CT molecular complexity index is 375. The van der Waals surface area contributed by atoms with E-state index >= 15 is 0 Å². The molecule has 1 atom stereocenters. The number of hydrogen-bond donors (Lipinski definition) is 1. The molecule has 0 aliphatic carbocycles. The van der Waals surface area contributed by atoms with Gasteiger partial charge in [-0.25, -0.2) is 4.98 Å². The standard InChI is InChI=1S/C9H9NO3/c1-6(11)8-5-10-9(13-8)7-3-2-4-12-7/h2-6,11H,1H3. The number of hydrogen-bond acceptors (Lipinski definition) is 4. The smallest absolute Gasteiger partial charge is 0.263 e. The molecule has 2 aromatic heterocycles. The minimum absolute atomic E-state index is 0.390. The first-order valence-corrected chi connectivity index (χ1v) is 3.95. The molecule has 2 rings (SSSR count). The highest BCUT2D eigenvalue weighted by atomic mass is 16.4. The second-order valence-electron chi connectivity index (χ2n) is 2.72. The van der Waals surface area contributed by atoms with Crippen LogP contribution in [-0.2, 0) is 0 Å². The number of rotatable bonds is 2. The monoisotopic (exact) mass is 179 g/mol. The predicted molar refractivity (Wildman–Crippen MR) is 44.8 cm³/mol. The second-order valence-corrected chi connectivity index (χ2v) is 2.72. The first-order chi connectivity index (χ1) is 6.27. The molecule has 1 unspecified atom stereocenters. The van der Waals surface area contributed by atoms with Crippen molar-refractivity contribution in [3.63, 3.8) is 0 Å². The summed E-state index contributed by atoms with van der Waals surface area (Å²) in [5, 5.41) is 9.17. The average molecular weight is 179 g/mol. The first kappa shape index (κ1) is 8.07. The molecule has 0 bridgehead atoms. The fourth-order valence-electron chi connectivity index (χ4n) is 0.994. The summed E-state index contributed by atoms with van der Waals surface area (Å²) < 4.78 is 10.3. The summed E-state index contributed by atoms with van der Waals surface area (Å²) in [5.41, 5.74) is 0. The van der Waals surface area contributed by atoms with Crippen LogP contribution in [0.15, 0.2) is 33.4 Å². The van der Waals surface area contributed by atoms with Gasteiger partial charge in [-0.3, -0.25) is 0 Å². The number of aliphatic hydroxyl groups excluding tert-OH is 1. The Morgan fingerprint density at radius 3 is 2.92 bits per heavy atom. The van der Waals surface area contributed by atoms with Crippen molar-refractivity contribution in [1.82, 2.24) is 4.98 Å². The van der Waals surface area contributed by atoms with Crippen LogP contribution in [0.4, 0.5) is 0 Å². The molecule has 0 aromatic carbocycles. The van der Waals surface area contributed by atoms with Gasteiger partial charge in [-0.05, 0) is 19.1 Å². The Kier molecular flexibility index (Phi) is 1.90. The lowest BCUT2D eigenvalue weighted by atomic mass is 10.3. The van der Waals surface area contributed by atoms with E-state index in [1.807, 2.05) is 0 Å². The summed E-state index contributed by atoms with van der Waals surface area (Å²) in [6.07, 6.45) is 2.39. The van der Waals surface area contributed by atoms with E-state index in [9.17, 15) is 5.11 Å². The number of furan rings is 1. The summed E-state index contributed by atoms with van der Waals surface area (Å²) in [5.74, 6) is 1.39. The summed E-state index contributed by atoms with van der Waals surface area (Å²) in [6.45, 7) is 1.62. The molecule has 0 aliphatic rings. The molecule has 0 fully saturated rings. The first-order valence-electron chi connectivity index (χ1n) is 3.95. The van der Waals surface area contributed by atoms with Crippen LogP contribution in [-0.4, -0.2) is 10.1 Å². The molecule has 0 aliphatic heterocycles. The molecule has 0 radical (unpaired) electrons. The quantitative estimate of drug-likeness (QED) is 0.765. The molecule has 2 heterocycles. The largest absolute Gasteiger partial charge is 0.459 e. The van der Waals surface area contributed by atoms with Gasteiger partial charge >= 0.3 is 0 Å². The van der Waals surface area contributed by atoms with Gasteiger partial charge in [0, 0.05) is 0 Å². The minimum Gasteiger partial charge on any atom is -0.459 e. The van der Waals surface area contributed by atoms with Gasteiger partial charge in [-0.15, -0.1) is 0 Å². The van der Waals surface area contributed by atoms with E-state index < -0.39 is 6.10 Å². The van der Waals surface area contributed by atoms with E-state index in [0.29, 0.717) is 17.4 Å². The van der Waals surface area contributed by atoms with Crippen LogP contribution in [0.2, 0.25) is 0 Å². The van der Waals surface area contributed by atoms with E-state index in [1.54, 1.807) is 25.3 Å².